The van der Waals surface area contributed by atoms with Gasteiger partial charge in [0.1, 0.15) is 5.75 Å². The normalized spacial score (nSPS) is 10.6. The molecule has 0 fully saturated rings. The number of aliphatic carboxylic acids is 1. The summed E-state index contributed by atoms with van der Waals surface area (Å²) in [6.07, 6.45) is 0. The average Bonchev–Trinajstić information content (AvgIpc) is 2.56. The smallest absolute Gasteiger partial charge is 0.341 e. The van der Waals surface area contributed by atoms with Crippen LogP contribution in [0.4, 0.5) is 0 Å². The van der Waals surface area contributed by atoms with Crippen molar-refractivity contribution in [2.75, 3.05) is 6.61 Å². The van der Waals surface area contributed by atoms with Crippen molar-refractivity contribution in [1.29, 1.82) is 0 Å². The molecule has 84 valence electrons. The van der Waals surface area contributed by atoms with Crippen LogP contribution < -0.4 is 4.74 Å². The Bertz CT molecular complexity index is 550. The maximum atomic E-state index is 10.4. The van der Waals surface area contributed by atoms with Crippen molar-refractivity contribution in [3.63, 3.8) is 0 Å². The number of fused-ring (bicyclic) bond motifs is 1. The predicted molar refractivity (Wildman–Crippen MR) is 59.0 cm³/mol. The second kappa shape index (κ2) is 4.02. The summed E-state index contributed by atoms with van der Waals surface area (Å²) in [6, 6.07) is 3.32. The van der Waals surface area contributed by atoms with Crippen LogP contribution in [0.3, 0.4) is 0 Å². The molecule has 0 saturated heterocycles. The van der Waals surface area contributed by atoms with E-state index in [0.29, 0.717) is 10.8 Å². The number of aromatic nitrogens is 2. The number of aryl methyl sites for hydroxylation is 1. The molecule has 0 radical (unpaired) electrons. The summed E-state index contributed by atoms with van der Waals surface area (Å²) in [5, 5.41) is 16.6. The van der Waals surface area contributed by atoms with Gasteiger partial charge in [0.05, 0.1) is 10.5 Å². The maximum absolute atomic E-state index is 10.4. The van der Waals surface area contributed by atoms with Gasteiger partial charge in [0, 0.05) is 11.1 Å². The number of benzene rings is 1. The highest BCUT2D eigenvalue weighted by atomic mass is 35.5. The number of halogens is 1. The second-order valence-corrected chi connectivity index (χ2v) is 3.74. The molecule has 2 rings (SSSR count). The minimum absolute atomic E-state index is 0.347. The second-order valence-electron chi connectivity index (χ2n) is 3.33. The summed E-state index contributed by atoms with van der Waals surface area (Å²) in [5.41, 5.74) is 1.61. The van der Waals surface area contributed by atoms with E-state index in [1.165, 1.54) is 0 Å². The van der Waals surface area contributed by atoms with Crippen LogP contribution >= 0.6 is 11.6 Å². The molecule has 0 aliphatic heterocycles. The van der Waals surface area contributed by atoms with E-state index in [4.69, 9.17) is 21.4 Å². The monoisotopic (exact) mass is 240 g/mol. The van der Waals surface area contributed by atoms with Gasteiger partial charge >= 0.3 is 5.97 Å². The van der Waals surface area contributed by atoms with Gasteiger partial charge < -0.3 is 9.84 Å². The number of nitrogens with one attached hydrogen (secondary N) is 1. The molecule has 16 heavy (non-hydrogen) atoms. The van der Waals surface area contributed by atoms with Crippen molar-refractivity contribution >= 4 is 28.5 Å². The molecular formula is C10H9ClN2O3. The Morgan fingerprint density at radius 3 is 3.06 bits per heavy atom. The van der Waals surface area contributed by atoms with Gasteiger partial charge in [-0.1, -0.05) is 11.6 Å². The van der Waals surface area contributed by atoms with E-state index in [1.54, 1.807) is 12.1 Å². The molecule has 0 unspecified atom stereocenters. The number of carboxylic acids is 1. The Kier molecular flexibility index (Phi) is 2.70. The zero-order valence-electron chi connectivity index (χ0n) is 8.45. The van der Waals surface area contributed by atoms with Crippen LogP contribution in [0, 0.1) is 6.92 Å². The molecule has 0 spiro atoms. The Morgan fingerprint density at radius 2 is 2.38 bits per heavy atom. The topological polar surface area (TPSA) is 75.2 Å². The number of hydrogen-bond acceptors (Lipinski definition) is 3. The highest BCUT2D eigenvalue weighted by molar-refractivity contribution is 6.32. The van der Waals surface area contributed by atoms with Crippen molar-refractivity contribution < 1.29 is 14.6 Å². The lowest BCUT2D eigenvalue weighted by Crippen LogP contribution is -2.09. The quantitative estimate of drug-likeness (QED) is 0.860. The first-order valence-electron chi connectivity index (χ1n) is 4.56. The van der Waals surface area contributed by atoms with Crippen molar-refractivity contribution in [1.82, 2.24) is 10.2 Å². The fourth-order valence-corrected chi connectivity index (χ4v) is 1.60. The minimum Gasteiger partial charge on any atom is -0.480 e. The minimum atomic E-state index is -1.04. The SMILES string of the molecule is Cc1[nH]nc2cc(Cl)c(OCC(=O)O)cc12. The molecule has 0 saturated carbocycles. The molecule has 1 aromatic heterocycles. The first-order valence-corrected chi connectivity index (χ1v) is 4.94. The number of H-pyrrole nitrogens is 1. The summed E-state index contributed by atoms with van der Waals surface area (Å²) < 4.78 is 5.06. The van der Waals surface area contributed by atoms with Gasteiger partial charge in [-0.05, 0) is 19.1 Å². The highest BCUT2D eigenvalue weighted by Gasteiger charge is 2.09. The molecule has 0 aliphatic carbocycles. The van der Waals surface area contributed by atoms with E-state index < -0.39 is 12.6 Å². The van der Waals surface area contributed by atoms with Gasteiger partial charge in [-0.3, -0.25) is 5.10 Å². The molecule has 0 amide bonds. The summed E-state index contributed by atoms with van der Waals surface area (Å²) in [6.45, 7) is 1.45. The van der Waals surface area contributed by atoms with Crippen LogP contribution in [-0.2, 0) is 4.79 Å². The van der Waals surface area contributed by atoms with Crippen LogP contribution in [0.15, 0.2) is 12.1 Å². The Hall–Kier alpha value is -1.75. The van der Waals surface area contributed by atoms with Gasteiger partial charge in [-0.15, -0.1) is 0 Å². The van der Waals surface area contributed by atoms with Crippen molar-refractivity contribution in [3.05, 3.63) is 22.8 Å². The number of carboxylic acid groups (broad SMARTS) is 1. The number of nitrogens with zero attached hydrogens (tertiary/aromatic N) is 1. The van der Waals surface area contributed by atoms with Crippen molar-refractivity contribution in [3.8, 4) is 5.75 Å². The van der Waals surface area contributed by atoms with E-state index in [1.807, 2.05) is 6.92 Å². The fraction of sp³-hybridized carbons (Fsp3) is 0.200. The molecule has 1 aromatic carbocycles. The van der Waals surface area contributed by atoms with Gasteiger partial charge in [0.15, 0.2) is 6.61 Å². The Balaban J connectivity index is 2.40. The first kappa shape index (κ1) is 10.8. The van der Waals surface area contributed by atoms with Crippen LogP contribution in [0.1, 0.15) is 5.69 Å². The highest BCUT2D eigenvalue weighted by Crippen LogP contribution is 2.30. The molecule has 2 aromatic rings. The number of ether oxygens (including phenoxy) is 1. The lowest BCUT2D eigenvalue weighted by molar-refractivity contribution is -0.139. The molecule has 2 N–H and O–H groups in total. The molecule has 0 bridgehead atoms. The molecular weight excluding hydrogens is 232 g/mol. The van der Waals surface area contributed by atoms with E-state index >= 15 is 0 Å². The van der Waals surface area contributed by atoms with Crippen LogP contribution in [-0.4, -0.2) is 27.9 Å². The number of hydrogen-bond donors (Lipinski definition) is 2. The molecule has 0 aliphatic rings. The summed E-state index contributed by atoms with van der Waals surface area (Å²) in [5.74, 6) is -0.693. The standard InChI is InChI=1S/C10H9ClN2O3/c1-5-6-2-9(16-4-10(14)15)7(11)3-8(6)13-12-5/h2-3H,4H2,1H3,(H,12,13)(H,14,15). The van der Waals surface area contributed by atoms with E-state index in [9.17, 15) is 4.79 Å². The van der Waals surface area contributed by atoms with Crippen LogP contribution in [0.5, 0.6) is 5.75 Å². The Labute approximate surface area is 96.0 Å². The van der Waals surface area contributed by atoms with Crippen LogP contribution in [0.25, 0.3) is 10.9 Å². The third-order valence-corrected chi connectivity index (χ3v) is 2.44. The zero-order chi connectivity index (χ0) is 11.7. The molecule has 5 nitrogen and oxygen atoms in total. The Morgan fingerprint density at radius 1 is 1.62 bits per heavy atom. The summed E-state index contributed by atoms with van der Waals surface area (Å²) in [4.78, 5) is 10.4. The number of carbonyl (C=O) groups is 1. The maximum Gasteiger partial charge on any atom is 0.341 e. The van der Waals surface area contributed by atoms with E-state index in [-0.39, 0.29) is 0 Å². The third kappa shape index (κ3) is 1.94. The van der Waals surface area contributed by atoms with Crippen molar-refractivity contribution in [2.24, 2.45) is 0 Å². The average molecular weight is 241 g/mol. The third-order valence-electron chi connectivity index (χ3n) is 2.15. The molecule has 1 heterocycles. The summed E-state index contributed by atoms with van der Waals surface area (Å²) in [7, 11) is 0. The van der Waals surface area contributed by atoms with Gasteiger partial charge in [-0.25, -0.2) is 4.79 Å². The molecule has 6 heteroatoms. The van der Waals surface area contributed by atoms with Crippen molar-refractivity contribution in [2.45, 2.75) is 6.92 Å². The zero-order valence-corrected chi connectivity index (χ0v) is 9.21. The molecule has 0 atom stereocenters. The van der Waals surface area contributed by atoms with Gasteiger partial charge in [-0.2, -0.15) is 5.10 Å². The lowest BCUT2D eigenvalue weighted by atomic mass is 10.2. The number of rotatable bonds is 3. The fourth-order valence-electron chi connectivity index (χ4n) is 1.39. The lowest BCUT2D eigenvalue weighted by Gasteiger charge is -2.05. The largest absolute Gasteiger partial charge is 0.480 e. The van der Waals surface area contributed by atoms with Crippen LogP contribution in [0.2, 0.25) is 5.02 Å². The van der Waals surface area contributed by atoms with Gasteiger partial charge in [0.2, 0.25) is 0 Å². The van der Waals surface area contributed by atoms with E-state index in [0.717, 1.165) is 16.6 Å². The van der Waals surface area contributed by atoms with Gasteiger partial charge in [0.25, 0.3) is 0 Å². The predicted octanol–water partition coefficient (Wildman–Crippen LogP) is 1.99. The summed E-state index contributed by atoms with van der Waals surface area (Å²) >= 11 is 5.92. The first-order chi connectivity index (χ1) is 7.58. The van der Waals surface area contributed by atoms with E-state index in [2.05, 4.69) is 10.2 Å². The number of aromatic amines is 1.